The number of H-pyrrole nitrogens is 1. The summed E-state index contributed by atoms with van der Waals surface area (Å²) >= 11 is 0. The molecule has 3 atom stereocenters. The quantitative estimate of drug-likeness (QED) is 0.578. The first-order valence-corrected chi connectivity index (χ1v) is 4.98. The highest BCUT2D eigenvalue weighted by Crippen LogP contribution is 2.27. The van der Waals surface area contributed by atoms with Crippen LogP contribution in [0.3, 0.4) is 0 Å². The molecule has 0 bridgehead atoms. The van der Waals surface area contributed by atoms with Crippen molar-refractivity contribution in [2.45, 2.75) is 24.9 Å². The van der Waals surface area contributed by atoms with E-state index in [1.54, 1.807) is 4.98 Å². The van der Waals surface area contributed by atoms with Gasteiger partial charge >= 0.3 is 5.69 Å². The molecule has 8 heteroatoms. The molecule has 0 aliphatic carbocycles. The van der Waals surface area contributed by atoms with E-state index < -0.39 is 35.5 Å². The van der Waals surface area contributed by atoms with Crippen LogP contribution in [-0.2, 0) is 4.74 Å². The highest BCUT2D eigenvalue weighted by Gasteiger charge is 2.35. The number of ether oxygens (including phenoxy) is 1. The van der Waals surface area contributed by atoms with Crippen LogP contribution < -0.4 is 11.2 Å². The van der Waals surface area contributed by atoms with E-state index in [4.69, 9.17) is 9.84 Å². The summed E-state index contributed by atoms with van der Waals surface area (Å²) in [4.78, 5) is 24.0. The number of halogens is 1. The fourth-order valence-electron chi connectivity index (χ4n) is 1.75. The van der Waals surface area contributed by atoms with Crippen LogP contribution in [0.15, 0.2) is 15.8 Å². The number of rotatable bonds is 2. The zero-order valence-corrected chi connectivity index (χ0v) is 8.67. The lowest BCUT2D eigenvalue weighted by Gasteiger charge is -2.16. The zero-order valence-electron chi connectivity index (χ0n) is 8.67. The summed E-state index contributed by atoms with van der Waals surface area (Å²) in [6.07, 6.45) is -1.96. The molecular weight excluding hydrogens is 235 g/mol. The average Bonchev–Trinajstić information content (AvgIpc) is 2.65. The second-order valence-corrected chi connectivity index (χ2v) is 3.78. The Morgan fingerprint density at radius 1 is 1.59 bits per heavy atom. The van der Waals surface area contributed by atoms with E-state index in [0.717, 1.165) is 4.57 Å². The van der Waals surface area contributed by atoms with Crippen molar-refractivity contribution in [2.75, 3.05) is 6.61 Å². The molecule has 17 heavy (non-hydrogen) atoms. The molecule has 0 saturated carbocycles. The molecule has 1 aromatic rings. The Labute approximate surface area is 94.1 Å². The van der Waals surface area contributed by atoms with Gasteiger partial charge in [0, 0.05) is 6.42 Å². The van der Waals surface area contributed by atoms with Gasteiger partial charge in [0.1, 0.15) is 6.10 Å². The van der Waals surface area contributed by atoms with Gasteiger partial charge in [0.2, 0.25) is 5.82 Å². The third kappa shape index (κ3) is 2.14. The first-order valence-electron chi connectivity index (χ1n) is 4.98. The van der Waals surface area contributed by atoms with Crippen LogP contribution in [0.4, 0.5) is 4.39 Å². The third-order valence-electron chi connectivity index (χ3n) is 2.57. The van der Waals surface area contributed by atoms with E-state index >= 15 is 0 Å². The van der Waals surface area contributed by atoms with E-state index in [9.17, 15) is 19.1 Å². The Morgan fingerprint density at radius 3 is 2.88 bits per heavy atom. The lowest BCUT2D eigenvalue weighted by Crippen LogP contribution is -2.36. The Balaban J connectivity index is 2.38. The van der Waals surface area contributed by atoms with Gasteiger partial charge in [0.15, 0.2) is 6.23 Å². The van der Waals surface area contributed by atoms with E-state index in [0.29, 0.717) is 6.20 Å². The first-order chi connectivity index (χ1) is 8.02. The predicted molar refractivity (Wildman–Crippen MR) is 52.9 cm³/mol. The van der Waals surface area contributed by atoms with Crippen LogP contribution in [0.5, 0.6) is 0 Å². The summed E-state index contributed by atoms with van der Waals surface area (Å²) in [6.45, 7) is -0.311. The number of aromatic nitrogens is 2. The molecule has 2 rings (SSSR count). The van der Waals surface area contributed by atoms with Crippen LogP contribution in [0, 0.1) is 5.82 Å². The van der Waals surface area contributed by atoms with E-state index in [2.05, 4.69) is 0 Å². The Bertz CT molecular complexity index is 525. The van der Waals surface area contributed by atoms with Crippen molar-refractivity contribution in [2.24, 2.45) is 0 Å². The minimum atomic E-state index is -1.15. The van der Waals surface area contributed by atoms with E-state index in [-0.39, 0.29) is 13.0 Å². The lowest BCUT2D eigenvalue weighted by molar-refractivity contribution is -0.0535. The maximum Gasteiger partial charge on any atom is 0.330 e. The minimum absolute atomic E-state index is 0.133. The Morgan fingerprint density at radius 2 is 2.29 bits per heavy atom. The van der Waals surface area contributed by atoms with Crippen LogP contribution in [0.2, 0.25) is 0 Å². The van der Waals surface area contributed by atoms with Crippen LogP contribution >= 0.6 is 0 Å². The highest BCUT2D eigenvalue weighted by atomic mass is 19.1. The van der Waals surface area contributed by atoms with Crippen LogP contribution in [0.25, 0.3) is 0 Å². The molecule has 1 aliphatic heterocycles. The molecule has 1 saturated heterocycles. The molecule has 1 fully saturated rings. The largest absolute Gasteiger partial charge is 0.394 e. The Hall–Kier alpha value is -1.51. The molecule has 7 nitrogen and oxygen atoms in total. The van der Waals surface area contributed by atoms with Crippen molar-refractivity contribution in [1.29, 1.82) is 0 Å². The monoisotopic (exact) mass is 246 g/mol. The van der Waals surface area contributed by atoms with Gasteiger partial charge in [-0.15, -0.1) is 0 Å². The molecule has 3 N–H and O–H groups in total. The summed E-state index contributed by atoms with van der Waals surface area (Å²) in [5, 5.41) is 18.5. The number of hydrogen-bond acceptors (Lipinski definition) is 5. The van der Waals surface area contributed by atoms with Crippen molar-refractivity contribution < 1.29 is 19.3 Å². The fraction of sp³-hybridized carbons (Fsp3) is 0.556. The van der Waals surface area contributed by atoms with Gasteiger partial charge in [0.05, 0.1) is 18.9 Å². The van der Waals surface area contributed by atoms with Crippen molar-refractivity contribution in [1.82, 2.24) is 9.55 Å². The molecule has 0 spiro atoms. The Kier molecular flexibility index (Phi) is 3.09. The maximum atomic E-state index is 13.0. The minimum Gasteiger partial charge on any atom is -0.394 e. The molecule has 2 heterocycles. The molecule has 1 aliphatic rings. The average molecular weight is 246 g/mol. The number of aliphatic hydroxyl groups is 2. The van der Waals surface area contributed by atoms with Crippen molar-refractivity contribution in [3.8, 4) is 0 Å². The lowest BCUT2D eigenvalue weighted by atomic mass is 10.2. The summed E-state index contributed by atoms with van der Waals surface area (Å²) in [5.74, 6) is -1.15. The van der Waals surface area contributed by atoms with Gasteiger partial charge in [-0.25, -0.2) is 4.79 Å². The van der Waals surface area contributed by atoms with Crippen LogP contribution in [0.1, 0.15) is 12.6 Å². The van der Waals surface area contributed by atoms with Gasteiger partial charge in [-0.3, -0.25) is 14.3 Å². The second kappa shape index (κ2) is 4.40. The molecule has 0 aromatic carbocycles. The highest BCUT2D eigenvalue weighted by molar-refractivity contribution is 4.91. The maximum absolute atomic E-state index is 13.0. The number of nitrogens with zero attached hydrogens (tertiary/aromatic N) is 1. The molecule has 94 valence electrons. The molecular formula is C9H11FN2O5. The molecule has 1 aromatic heterocycles. The smallest absolute Gasteiger partial charge is 0.330 e. The van der Waals surface area contributed by atoms with Crippen LogP contribution in [-0.4, -0.2) is 38.6 Å². The van der Waals surface area contributed by atoms with Gasteiger partial charge < -0.3 is 14.9 Å². The van der Waals surface area contributed by atoms with Gasteiger partial charge in [0.25, 0.3) is 5.56 Å². The van der Waals surface area contributed by atoms with E-state index in [1.165, 1.54) is 0 Å². The first kappa shape index (κ1) is 12.0. The number of nitrogens with one attached hydrogen (secondary N) is 1. The fourth-order valence-corrected chi connectivity index (χ4v) is 1.75. The second-order valence-electron chi connectivity index (χ2n) is 3.78. The zero-order chi connectivity index (χ0) is 12.6. The van der Waals surface area contributed by atoms with Gasteiger partial charge in [-0.2, -0.15) is 4.39 Å². The summed E-state index contributed by atoms with van der Waals surface area (Å²) < 4.78 is 18.9. The van der Waals surface area contributed by atoms with E-state index in [1.807, 2.05) is 0 Å². The summed E-state index contributed by atoms with van der Waals surface area (Å²) in [6, 6.07) is 0. The van der Waals surface area contributed by atoms with Gasteiger partial charge in [-0.1, -0.05) is 0 Å². The van der Waals surface area contributed by atoms with Gasteiger partial charge in [-0.05, 0) is 0 Å². The predicted octanol–water partition coefficient (Wildman–Crippen LogP) is -1.68. The molecule has 0 amide bonds. The number of hydrogen-bond donors (Lipinski definition) is 3. The summed E-state index contributed by atoms with van der Waals surface area (Å²) in [7, 11) is 0. The summed E-state index contributed by atoms with van der Waals surface area (Å²) in [5.41, 5.74) is -2.00. The molecule has 1 unspecified atom stereocenters. The topological polar surface area (TPSA) is 105 Å². The van der Waals surface area contributed by atoms with Crippen molar-refractivity contribution in [3.63, 3.8) is 0 Å². The van der Waals surface area contributed by atoms with Crippen molar-refractivity contribution in [3.05, 3.63) is 32.9 Å². The number of aromatic amines is 1. The number of aliphatic hydroxyl groups excluding tert-OH is 2. The standard InChI is InChI=1S/C9H11FN2O5/c10-5-2-12(9(16)11-7(5)15)8-6(14)1-4(3-13)17-8/h2,4,6,8,13-14H,1,3H2,(H,11,15,16)/t4-,6?,8+/m0/s1. The normalized spacial score (nSPS) is 28.5. The SMILES string of the molecule is O=c1[nH]c(=O)n([C@@H]2O[C@H](CO)CC2O)cc1F. The van der Waals surface area contributed by atoms with Crippen molar-refractivity contribution >= 4 is 0 Å². The third-order valence-corrected chi connectivity index (χ3v) is 2.57. The molecule has 0 radical (unpaired) electrons.